The molecular formula is C15H15ClN2O2. The van der Waals surface area contributed by atoms with Gasteiger partial charge in [0, 0.05) is 23.7 Å². The number of ether oxygens (including phenoxy) is 1. The van der Waals surface area contributed by atoms with Gasteiger partial charge in [-0.2, -0.15) is 5.10 Å². The van der Waals surface area contributed by atoms with Crippen LogP contribution in [-0.4, -0.2) is 29.3 Å². The lowest BCUT2D eigenvalue weighted by atomic mass is 10.0. The summed E-state index contributed by atoms with van der Waals surface area (Å²) in [4.78, 5) is 11.2. The van der Waals surface area contributed by atoms with Gasteiger partial charge in [0.25, 0.3) is 0 Å². The third-order valence-electron chi connectivity index (χ3n) is 3.52. The van der Waals surface area contributed by atoms with E-state index in [0.717, 1.165) is 30.6 Å². The largest absolute Gasteiger partial charge is 0.381 e. The Hall–Kier alpha value is -1.65. The van der Waals surface area contributed by atoms with Crippen molar-refractivity contribution in [2.24, 2.45) is 0 Å². The molecule has 0 saturated carbocycles. The zero-order valence-electron chi connectivity index (χ0n) is 11.0. The van der Waals surface area contributed by atoms with Crippen LogP contribution in [0.3, 0.4) is 0 Å². The van der Waals surface area contributed by atoms with Crippen molar-refractivity contribution in [3.63, 3.8) is 0 Å². The van der Waals surface area contributed by atoms with Crippen LogP contribution in [0.4, 0.5) is 0 Å². The number of rotatable bonds is 4. The van der Waals surface area contributed by atoms with Crippen LogP contribution in [0.5, 0.6) is 0 Å². The molecule has 5 heteroatoms. The Balaban J connectivity index is 1.83. The summed E-state index contributed by atoms with van der Waals surface area (Å²) in [6, 6.07) is 7.63. The maximum Gasteiger partial charge on any atom is 0.153 e. The highest BCUT2D eigenvalue weighted by molar-refractivity contribution is 6.30. The average molecular weight is 291 g/mol. The van der Waals surface area contributed by atoms with E-state index >= 15 is 0 Å². The SMILES string of the molecule is O=Cc1cn(Cc2ccc(Cl)cc2)nc1C1CCOC1. The van der Waals surface area contributed by atoms with Gasteiger partial charge in [-0.15, -0.1) is 0 Å². The van der Waals surface area contributed by atoms with Crippen molar-refractivity contribution in [3.8, 4) is 0 Å². The summed E-state index contributed by atoms with van der Waals surface area (Å²) in [6.45, 7) is 2.03. The molecule has 0 spiro atoms. The van der Waals surface area contributed by atoms with Crippen LogP contribution in [0, 0.1) is 0 Å². The molecule has 2 heterocycles. The van der Waals surface area contributed by atoms with Gasteiger partial charge >= 0.3 is 0 Å². The molecule has 0 N–H and O–H groups in total. The zero-order valence-corrected chi connectivity index (χ0v) is 11.7. The molecular weight excluding hydrogens is 276 g/mol. The Kier molecular flexibility index (Phi) is 3.85. The Morgan fingerprint density at radius 2 is 2.20 bits per heavy atom. The van der Waals surface area contributed by atoms with Crippen LogP contribution in [0.2, 0.25) is 5.02 Å². The molecule has 2 aromatic rings. The third-order valence-corrected chi connectivity index (χ3v) is 3.77. The Bertz CT molecular complexity index is 601. The highest BCUT2D eigenvalue weighted by Crippen LogP contribution is 2.26. The summed E-state index contributed by atoms with van der Waals surface area (Å²) in [5, 5.41) is 5.27. The molecule has 0 amide bonds. The van der Waals surface area contributed by atoms with Crippen molar-refractivity contribution >= 4 is 17.9 Å². The van der Waals surface area contributed by atoms with E-state index < -0.39 is 0 Å². The predicted molar refractivity (Wildman–Crippen MR) is 76.3 cm³/mol. The monoisotopic (exact) mass is 290 g/mol. The molecule has 3 rings (SSSR count). The smallest absolute Gasteiger partial charge is 0.153 e. The Morgan fingerprint density at radius 1 is 1.40 bits per heavy atom. The fraction of sp³-hybridized carbons (Fsp3) is 0.333. The maximum absolute atomic E-state index is 11.2. The first-order chi connectivity index (χ1) is 9.76. The third kappa shape index (κ3) is 2.76. The van der Waals surface area contributed by atoms with Crippen molar-refractivity contribution < 1.29 is 9.53 Å². The summed E-state index contributed by atoms with van der Waals surface area (Å²) in [5.41, 5.74) is 2.62. The van der Waals surface area contributed by atoms with Gasteiger partial charge in [0.05, 0.1) is 24.4 Å². The number of carbonyl (C=O) groups is 1. The Labute approximate surface area is 122 Å². The van der Waals surface area contributed by atoms with Crippen LogP contribution in [-0.2, 0) is 11.3 Å². The first-order valence-electron chi connectivity index (χ1n) is 6.61. The molecule has 1 saturated heterocycles. The summed E-state index contributed by atoms with van der Waals surface area (Å²) >= 11 is 5.87. The molecule has 1 unspecified atom stereocenters. The van der Waals surface area contributed by atoms with Crippen molar-refractivity contribution in [2.75, 3.05) is 13.2 Å². The van der Waals surface area contributed by atoms with E-state index in [9.17, 15) is 4.79 Å². The molecule has 0 radical (unpaired) electrons. The molecule has 1 aliphatic heterocycles. The minimum Gasteiger partial charge on any atom is -0.381 e. The molecule has 20 heavy (non-hydrogen) atoms. The standard InChI is InChI=1S/C15H15ClN2O2/c16-14-3-1-11(2-4-14)7-18-8-13(9-19)15(17-18)12-5-6-20-10-12/h1-4,8-9,12H,5-7,10H2. The number of hydrogen-bond donors (Lipinski definition) is 0. The molecule has 0 bridgehead atoms. The van der Waals surface area contributed by atoms with Crippen molar-refractivity contribution in [3.05, 3.63) is 52.3 Å². The summed E-state index contributed by atoms with van der Waals surface area (Å²) in [7, 11) is 0. The van der Waals surface area contributed by atoms with Crippen molar-refractivity contribution in [1.29, 1.82) is 0 Å². The molecule has 0 aliphatic carbocycles. The number of aromatic nitrogens is 2. The van der Waals surface area contributed by atoms with Gasteiger partial charge in [0.1, 0.15) is 0 Å². The number of benzene rings is 1. The topological polar surface area (TPSA) is 44.1 Å². The second-order valence-corrected chi connectivity index (χ2v) is 5.41. The molecule has 104 valence electrons. The quantitative estimate of drug-likeness (QED) is 0.813. The number of carbonyl (C=O) groups excluding carboxylic acids is 1. The van der Waals surface area contributed by atoms with Gasteiger partial charge in [-0.1, -0.05) is 23.7 Å². The van der Waals surface area contributed by atoms with E-state index in [2.05, 4.69) is 5.10 Å². The Morgan fingerprint density at radius 3 is 2.85 bits per heavy atom. The second kappa shape index (κ2) is 5.77. The first-order valence-corrected chi connectivity index (χ1v) is 6.99. The van der Waals surface area contributed by atoms with Gasteiger partial charge in [-0.05, 0) is 24.1 Å². The number of hydrogen-bond acceptors (Lipinski definition) is 3. The summed E-state index contributed by atoms with van der Waals surface area (Å²) in [6.07, 6.45) is 3.60. The van der Waals surface area contributed by atoms with Crippen LogP contribution >= 0.6 is 11.6 Å². The van der Waals surface area contributed by atoms with Gasteiger partial charge < -0.3 is 4.74 Å². The van der Waals surface area contributed by atoms with E-state index in [1.165, 1.54) is 0 Å². The van der Waals surface area contributed by atoms with E-state index in [1.807, 2.05) is 24.3 Å². The minimum atomic E-state index is 0.238. The molecule has 1 aromatic carbocycles. The van der Waals surface area contributed by atoms with Crippen LogP contribution in [0.1, 0.15) is 34.0 Å². The molecule has 4 nitrogen and oxygen atoms in total. The molecule has 1 fully saturated rings. The lowest BCUT2D eigenvalue weighted by molar-refractivity contribution is 0.112. The minimum absolute atomic E-state index is 0.238. The first kappa shape index (κ1) is 13.3. The van der Waals surface area contributed by atoms with E-state index in [1.54, 1.807) is 10.9 Å². The molecule has 1 atom stereocenters. The lowest BCUT2D eigenvalue weighted by Crippen LogP contribution is -2.04. The molecule has 1 aromatic heterocycles. The van der Waals surface area contributed by atoms with E-state index in [-0.39, 0.29) is 5.92 Å². The van der Waals surface area contributed by atoms with Gasteiger partial charge in [0.2, 0.25) is 0 Å². The number of nitrogens with zero attached hydrogens (tertiary/aromatic N) is 2. The van der Waals surface area contributed by atoms with Gasteiger partial charge in [-0.3, -0.25) is 9.48 Å². The molecule has 1 aliphatic rings. The predicted octanol–water partition coefficient (Wildman–Crippen LogP) is 2.90. The summed E-state index contributed by atoms with van der Waals surface area (Å²) < 4.78 is 7.18. The second-order valence-electron chi connectivity index (χ2n) is 4.97. The van der Waals surface area contributed by atoms with Crippen LogP contribution in [0.15, 0.2) is 30.5 Å². The summed E-state index contributed by atoms with van der Waals surface area (Å²) in [5.74, 6) is 0.238. The number of halogens is 1. The number of aldehydes is 1. The van der Waals surface area contributed by atoms with Crippen molar-refractivity contribution in [2.45, 2.75) is 18.9 Å². The van der Waals surface area contributed by atoms with Crippen LogP contribution < -0.4 is 0 Å². The average Bonchev–Trinajstić information content (AvgIpc) is 3.10. The van der Waals surface area contributed by atoms with E-state index in [0.29, 0.717) is 23.7 Å². The normalized spacial score (nSPS) is 18.4. The fourth-order valence-corrected chi connectivity index (χ4v) is 2.59. The van der Waals surface area contributed by atoms with Crippen LogP contribution in [0.25, 0.3) is 0 Å². The van der Waals surface area contributed by atoms with E-state index in [4.69, 9.17) is 16.3 Å². The van der Waals surface area contributed by atoms with Gasteiger partial charge in [0.15, 0.2) is 6.29 Å². The van der Waals surface area contributed by atoms with Gasteiger partial charge in [-0.25, -0.2) is 0 Å². The fourth-order valence-electron chi connectivity index (χ4n) is 2.47. The zero-order chi connectivity index (χ0) is 13.9. The highest BCUT2D eigenvalue weighted by Gasteiger charge is 2.23. The highest BCUT2D eigenvalue weighted by atomic mass is 35.5. The maximum atomic E-state index is 11.2. The van der Waals surface area contributed by atoms with Crippen molar-refractivity contribution in [1.82, 2.24) is 9.78 Å². The lowest BCUT2D eigenvalue weighted by Gasteiger charge is -2.04.